The summed E-state index contributed by atoms with van der Waals surface area (Å²) < 4.78 is 13.2. The van der Waals surface area contributed by atoms with Gasteiger partial charge in [0.25, 0.3) is 5.91 Å². The number of nitrogens with two attached hydrogens (primary N) is 3. The maximum atomic E-state index is 13.8. The van der Waals surface area contributed by atoms with Crippen LogP contribution in [0.5, 0.6) is 17.2 Å². The molecule has 0 aliphatic carbocycles. The zero-order valence-electron chi connectivity index (χ0n) is 27.4. The van der Waals surface area contributed by atoms with E-state index in [0.717, 1.165) is 17.0 Å². The first-order chi connectivity index (χ1) is 23.8. The van der Waals surface area contributed by atoms with E-state index in [9.17, 15) is 9.59 Å². The lowest BCUT2D eigenvalue weighted by molar-refractivity contribution is -0.121. The SMILES string of the molecule is COc1ccc(N2CCN(C(=O)c3ccc4c(c3)nc(-c3cccc(Oc5ccccc5)c3)n4[C@@H](CCCN=C(N)N)C(N)=O)CC2)cc1. The monoisotopic (exact) mass is 660 g/mol. The number of anilines is 1. The zero-order valence-corrected chi connectivity index (χ0v) is 27.4. The van der Waals surface area contributed by atoms with Crippen molar-refractivity contribution in [3.8, 4) is 28.6 Å². The second-order valence-electron chi connectivity index (χ2n) is 11.8. The number of aromatic nitrogens is 2. The standard InChI is InChI=1S/C37H40N8O4/c1-48-28-15-13-27(14-16-28)43-19-21-44(22-20-43)36(47)26-12-17-32-31(24-26)42-35(45(32)33(34(38)46)11-6-18-41-37(39)40)25-7-5-10-30(23-25)49-29-8-3-2-4-9-29/h2-5,7-10,12-17,23-24,33H,6,11,18-22H2,1H3,(H2,38,46)(H4,39,40,41)/t33-/m0/s1. The van der Waals surface area contributed by atoms with Crippen LogP contribution in [0.3, 0.4) is 0 Å². The molecule has 0 bridgehead atoms. The van der Waals surface area contributed by atoms with E-state index in [0.29, 0.717) is 79.5 Å². The molecule has 12 heteroatoms. The van der Waals surface area contributed by atoms with Crippen LogP contribution < -0.4 is 31.6 Å². The van der Waals surface area contributed by atoms with Gasteiger partial charge in [0.1, 0.15) is 29.1 Å². The van der Waals surface area contributed by atoms with E-state index in [1.807, 2.05) is 94.4 Å². The Morgan fingerprint density at radius 2 is 1.57 bits per heavy atom. The van der Waals surface area contributed by atoms with Gasteiger partial charge < -0.3 is 41.0 Å². The summed E-state index contributed by atoms with van der Waals surface area (Å²) in [5.41, 5.74) is 20.6. The first kappa shape index (κ1) is 32.9. The van der Waals surface area contributed by atoms with Crippen molar-refractivity contribution in [2.45, 2.75) is 18.9 Å². The number of hydrogen-bond donors (Lipinski definition) is 3. The molecule has 49 heavy (non-hydrogen) atoms. The topological polar surface area (TPSA) is 167 Å². The van der Waals surface area contributed by atoms with E-state index in [4.69, 9.17) is 31.7 Å². The van der Waals surface area contributed by atoms with E-state index in [2.05, 4.69) is 9.89 Å². The Kier molecular flexibility index (Phi) is 9.93. The normalized spacial score (nSPS) is 13.6. The maximum absolute atomic E-state index is 13.8. The molecule has 4 aromatic carbocycles. The molecule has 0 saturated carbocycles. The van der Waals surface area contributed by atoms with E-state index in [1.165, 1.54) is 0 Å². The van der Waals surface area contributed by atoms with Crippen LogP contribution in [0.15, 0.2) is 102 Å². The van der Waals surface area contributed by atoms with Crippen molar-refractivity contribution < 1.29 is 19.1 Å². The second kappa shape index (κ2) is 14.8. The Balaban J connectivity index is 1.30. The molecule has 2 heterocycles. The third-order valence-corrected chi connectivity index (χ3v) is 8.58. The van der Waals surface area contributed by atoms with Gasteiger partial charge in [-0.15, -0.1) is 0 Å². The van der Waals surface area contributed by atoms with Crippen molar-refractivity contribution in [1.29, 1.82) is 0 Å². The summed E-state index contributed by atoms with van der Waals surface area (Å²) in [7, 11) is 1.65. The van der Waals surface area contributed by atoms with Crippen LogP contribution in [0, 0.1) is 0 Å². The third-order valence-electron chi connectivity index (χ3n) is 8.58. The highest BCUT2D eigenvalue weighted by molar-refractivity contribution is 5.98. The number of carbonyl (C=O) groups is 2. The first-order valence-corrected chi connectivity index (χ1v) is 16.2. The Morgan fingerprint density at radius 3 is 2.27 bits per heavy atom. The number of amides is 2. The number of rotatable bonds is 12. The minimum absolute atomic E-state index is 0.0148. The van der Waals surface area contributed by atoms with Gasteiger partial charge in [0, 0.05) is 49.5 Å². The molecule has 1 saturated heterocycles. The Labute approximate surface area is 284 Å². The summed E-state index contributed by atoms with van der Waals surface area (Å²) >= 11 is 0. The van der Waals surface area contributed by atoms with Crippen molar-refractivity contribution in [2.75, 3.05) is 44.7 Å². The number of carbonyl (C=O) groups excluding carboxylic acids is 2. The highest BCUT2D eigenvalue weighted by atomic mass is 16.5. The Bertz CT molecular complexity index is 1950. The molecule has 252 valence electrons. The molecule has 1 atom stereocenters. The van der Waals surface area contributed by atoms with Crippen LogP contribution >= 0.6 is 0 Å². The molecule has 1 aliphatic rings. The summed E-state index contributed by atoms with van der Waals surface area (Å²) in [4.78, 5) is 39.9. The van der Waals surface area contributed by atoms with Crippen LogP contribution in [-0.4, -0.2) is 72.1 Å². The molecule has 12 nitrogen and oxygen atoms in total. The summed E-state index contributed by atoms with van der Waals surface area (Å²) in [5.74, 6) is 2.02. The number of nitrogens with zero attached hydrogens (tertiary/aromatic N) is 5. The Morgan fingerprint density at radius 1 is 0.837 bits per heavy atom. The van der Waals surface area contributed by atoms with Gasteiger partial charge in [0.05, 0.1) is 18.1 Å². The zero-order chi connectivity index (χ0) is 34.3. The summed E-state index contributed by atoms with van der Waals surface area (Å²) in [6.07, 6.45) is 0.894. The lowest BCUT2D eigenvalue weighted by Crippen LogP contribution is -2.48. The average molecular weight is 661 g/mol. The van der Waals surface area contributed by atoms with E-state index in [1.54, 1.807) is 19.2 Å². The number of primary amides is 1. The highest BCUT2D eigenvalue weighted by Crippen LogP contribution is 2.34. The van der Waals surface area contributed by atoms with Gasteiger partial charge in [-0.1, -0.05) is 30.3 Å². The van der Waals surface area contributed by atoms with Crippen molar-refractivity contribution in [2.24, 2.45) is 22.2 Å². The number of para-hydroxylation sites is 1. The highest BCUT2D eigenvalue weighted by Gasteiger charge is 2.27. The maximum Gasteiger partial charge on any atom is 0.254 e. The molecule has 0 spiro atoms. The van der Waals surface area contributed by atoms with Gasteiger partial charge in [0.15, 0.2) is 5.96 Å². The minimum Gasteiger partial charge on any atom is -0.497 e. The summed E-state index contributed by atoms with van der Waals surface area (Å²) in [6.45, 7) is 2.92. The number of guanidine groups is 1. The van der Waals surface area contributed by atoms with E-state index in [-0.39, 0.29) is 11.9 Å². The molecular formula is C37H40N8O4. The van der Waals surface area contributed by atoms with Crippen LogP contribution in [0.2, 0.25) is 0 Å². The summed E-state index contributed by atoms with van der Waals surface area (Å²) in [6, 6.07) is 29.6. The fourth-order valence-electron chi connectivity index (χ4n) is 6.11. The Hall–Kier alpha value is -6.04. The number of aliphatic imine (C=N–C) groups is 1. The molecule has 0 radical (unpaired) electrons. The number of benzene rings is 4. The fraction of sp³-hybridized carbons (Fsp3) is 0.243. The van der Waals surface area contributed by atoms with Gasteiger partial charge in [-0.05, 0) is 79.6 Å². The van der Waals surface area contributed by atoms with Crippen molar-refractivity contribution >= 4 is 34.5 Å². The molecule has 6 rings (SSSR count). The predicted molar refractivity (Wildman–Crippen MR) is 191 cm³/mol. The smallest absolute Gasteiger partial charge is 0.254 e. The molecule has 2 amide bonds. The number of ether oxygens (including phenoxy) is 2. The number of piperazine rings is 1. The van der Waals surface area contributed by atoms with Gasteiger partial charge in [-0.25, -0.2) is 4.98 Å². The number of methoxy groups -OCH3 is 1. The lowest BCUT2D eigenvalue weighted by Gasteiger charge is -2.36. The van der Waals surface area contributed by atoms with Gasteiger partial charge >= 0.3 is 0 Å². The van der Waals surface area contributed by atoms with Crippen LogP contribution in [-0.2, 0) is 4.79 Å². The molecular weight excluding hydrogens is 620 g/mol. The lowest BCUT2D eigenvalue weighted by atomic mass is 10.1. The molecule has 1 aliphatic heterocycles. The number of imidazole rings is 1. The average Bonchev–Trinajstić information content (AvgIpc) is 3.50. The molecule has 1 aromatic heterocycles. The second-order valence-corrected chi connectivity index (χ2v) is 11.8. The quantitative estimate of drug-likeness (QED) is 0.0996. The van der Waals surface area contributed by atoms with Crippen molar-refractivity contribution in [3.05, 3.63) is 103 Å². The molecule has 5 aromatic rings. The van der Waals surface area contributed by atoms with Crippen molar-refractivity contribution in [1.82, 2.24) is 14.5 Å². The van der Waals surface area contributed by atoms with E-state index >= 15 is 0 Å². The van der Waals surface area contributed by atoms with Gasteiger partial charge in [-0.2, -0.15) is 0 Å². The first-order valence-electron chi connectivity index (χ1n) is 16.2. The van der Waals surface area contributed by atoms with Crippen LogP contribution in [0.1, 0.15) is 29.2 Å². The van der Waals surface area contributed by atoms with Gasteiger partial charge in [0.2, 0.25) is 5.91 Å². The van der Waals surface area contributed by atoms with E-state index < -0.39 is 11.9 Å². The van der Waals surface area contributed by atoms with Crippen LogP contribution in [0.4, 0.5) is 5.69 Å². The fourth-order valence-corrected chi connectivity index (χ4v) is 6.11. The largest absolute Gasteiger partial charge is 0.497 e. The molecule has 1 fully saturated rings. The molecule has 0 unspecified atom stereocenters. The van der Waals surface area contributed by atoms with Crippen molar-refractivity contribution in [3.63, 3.8) is 0 Å². The third kappa shape index (κ3) is 7.59. The number of fused-ring (bicyclic) bond motifs is 1. The van der Waals surface area contributed by atoms with Crippen LogP contribution in [0.25, 0.3) is 22.4 Å². The molecule has 6 N–H and O–H groups in total. The predicted octanol–water partition coefficient (Wildman–Crippen LogP) is 4.55. The van der Waals surface area contributed by atoms with Gasteiger partial charge in [-0.3, -0.25) is 14.6 Å². The summed E-state index contributed by atoms with van der Waals surface area (Å²) in [5, 5.41) is 0. The minimum atomic E-state index is -0.750. The number of hydrogen-bond acceptors (Lipinski definition) is 7.